The summed E-state index contributed by atoms with van der Waals surface area (Å²) in [6, 6.07) is 25.1. The van der Waals surface area contributed by atoms with Crippen LogP contribution < -0.4 is 10.6 Å². The van der Waals surface area contributed by atoms with Crippen LogP contribution in [0.25, 0.3) is 10.9 Å². The maximum absolute atomic E-state index is 13.0. The second-order valence-corrected chi connectivity index (χ2v) is 6.89. The minimum atomic E-state index is -0.166. The molecule has 2 N–H and O–H groups in total. The summed E-state index contributed by atoms with van der Waals surface area (Å²) in [5, 5.41) is 6.57. The lowest BCUT2D eigenvalue weighted by Crippen LogP contribution is -2.12. The number of carbonyl (C=O) groups excluding carboxylic acids is 2. The average Bonchev–Trinajstić information content (AvgIpc) is 3.09. The smallest absolute Gasteiger partial charge is 0.257 e. The van der Waals surface area contributed by atoms with Gasteiger partial charge in [0.15, 0.2) is 0 Å². The SMILES string of the molecule is CC(=O)Nc1ccc(NC(=O)c2cn(Cc3ccccc3)c3ccccc23)cc1. The summed E-state index contributed by atoms with van der Waals surface area (Å²) in [7, 11) is 0. The number of benzene rings is 3. The standard InChI is InChI=1S/C24H21N3O2/c1-17(28)25-19-11-13-20(14-12-19)26-24(29)22-16-27(15-18-7-3-2-4-8-18)23-10-6-5-9-21(22)23/h2-14,16H,15H2,1H3,(H,25,28)(H,26,29). The molecule has 5 heteroatoms. The molecular weight excluding hydrogens is 362 g/mol. The van der Waals surface area contributed by atoms with Crippen molar-refractivity contribution in [2.24, 2.45) is 0 Å². The van der Waals surface area contributed by atoms with Gasteiger partial charge in [-0.05, 0) is 35.9 Å². The van der Waals surface area contributed by atoms with E-state index in [9.17, 15) is 9.59 Å². The molecule has 1 heterocycles. The monoisotopic (exact) mass is 383 g/mol. The van der Waals surface area contributed by atoms with E-state index >= 15 is 0 Å². The summed E-state index contributed by atoms with van der Waals surface area (Å²) in [4.78, 5) is 24.1. The first-order valence-corrected chi connectivity index (χ1v) is 9.41. The van der Waals surface area contributed by atoms with Crippen molar-refractivity contribution in [1.82, 2.24) is 4.57 Å². The number of nitrogens with one attached hydrogen (secondary N) is 2. The van der Waals surface area contributed by atoms with E-state index in [4.69, 9.17) is 0 Å². The number of amides is 2. The first kappa shape index (κ1) is 18.5. The third-order valence-corrected chi connectivity index (χ3v) is 4.69. The van der Waals surface area contributed by atoms with E-state index in [-0.39, 0.29) is 11.8 Å². The minimum absolute atomic E-state index is 0.131. The summed E-state index contributed by atoms with van der Waals surface area (Å²) in [5.74, 6) is -0.298. The van der Waals surface area contributed by atoms with Crippen molar-refractivity contribution in [2.75, 3.05) is 10.6 Å². The van der Waals surface area contributed by atoms with Gasteiger partial charge in [0.1, 0.15) is 0 Å². The predicted molar refractivity (Wildman–Crippen MR) is 116 cm³/mol. The van der Waals surface area contributed by atoms with Crippen LogP contribution in [0.15, 0.2) is 85.1 Å². The molecule has 0 unspecified atom stereocenters. The molecular formula is C24H21N3O2. The Bertz CT molecular complexity index is 1160. The zero-order chi connectivity index (χ0) is 20.2. The van der Waals surface area contributed by atoms with Crippen LogP contribution in [0.2, 0.25) is 0 Å². The van der Waals surface area contributed by atoms with Crippen LogP contribution >= 0.6 is 0 Å². The summed E-state index contributed by atoms with van der Waals surface area (Å²) in [6.45, 7) is 2.15. The minimum Gasteiger partial charge on any atom is -0.342 e. The highest BCUT2D eigenvalue weighted by atomic mass is 16.2. The molecule has 0 saturated carbocycles. The highest BCUT2D eigenvalue weighted by Crippen LogP contribution is 2.24. The van der Waals surface area contributed by atoms with Gasteiger partial charge < -0.3 is 15.2 Å². The van der Waals surface area contributed by atoms with Crippen molar-refractivity contribution in [3.05, 3.63) is 96.2 Å². The molecule has 5 nitrogen and oxygen atoms in total. The van der Waals surface area contributed by atoms with Gasteiger partial charge in [-0.25, -0.2) is 0 Å². The third kappa shape index (κ3) is 4.19. The second kappa shape index (κ2) is 8.02. The number of fused-ring (bicyclic) bond motifs is 1. The molecule has 0 fully saturated rings. The lowest BCUT2D eigenvalue weighted by molar-refractivity contribution is -0.114. The molecule has 144 valence electrons. The molecule has 0 aliphatic rings. The number of carbonyl (C=O) groups is 2. The molecule has 4 rings (SSSR count). The van der Waals surface area contributed by atoms with E-state index in [1.807, 2.05) is 48.7 Å². The van der Waals surface area contributed by atoms with Crippen LogP contribution in [0.5, 0.6) is 0 Å². The Kier molecular flexibility index (Phi) is 5.12. The van der Waals surface area contributed by atoms with Crippen LogP contribution in [-0.2, 0) is 11.3 Å². The molecule has 0 spiro atoms. The number of hydrogen-bond donors (Lipinski definition) is 2. The Labute approximate surface area is 169 Å². The van der Waals surface area contributed by atoms with Gasteiger partial charge in [-0.15, -0.1) is 0 Å². The lowest BCUT2D eigenvalue weighted by Gasteiger charge is -2.06. The van der Waals surface area contributed by atoms with Crippen LogP contribution in [0.4, 0.5) is 11.4 Å². The van der Waals surface area contributed by atoms with Crippen molar-refractivity contribution in [3.8, 4) is 0 Å². The highest BCUT2D eigenvalue weighted by Gasteiger charge is 2.15. The van der Waals surface area contributed by atoms with E-state index in [1.165, 1.54) is 12.5 Å². The molecule has 29 heavy (non-hydrogen) atoms. The van der Waals surface area contributed by atoms with Crippen molar-refractivity contribution in [2.45, 2.75) is 13.5 Å². The maximum atomic E-state index is 13.0. The van der Waals surface area contributed by atoms with Gasteiger partial charge in [0.2, 0.25) is 5.91 Å². The van der Waals surface area contributed by atoms with Gasteiger partial charge in [-0.3, -0.25) is 9.59 Å². The Hall–Kier alpha value is -3.86. The molecule has 1 aromatic heterocycles. The van der Waals surface area contributed by atoms with Crippen molar-refractivity contribution < 1.29 is 9.59 Å². The number of nitrogens with zero attached hydrogens (tertiary/aromatic N) is 1. The molecule has 0 radical (unpaired) electrons. The van der Waals surface area contributed by atoms with Crippen molar-refractivity contribution in [3.63, 3.8) is 0 Å². The largest absolute Gasteiger partial charge is 0.342 e. The van der Waals surface area contributed by atoms with Gasteiger partial charge in [0.05, 0.1) is 5.56 Å². The lowest BCUT2D eigenvalue weighted by atomic mass is 10.1. The fourth-order valence-electron chi connectivity index (χ4n) is 3.38. The molecule has 2 amide bonds. The van der Waals surface area contributed by atoms with Crippen LogP contribution in [0.3, 0.4) is 0 Å². The van der Waals surface area contributed by atoms with Crippen LogP contribution in [0.1, 0.15) is 22.8 Å². The van der Waals surface area contributed by atoms with E-state index in [0.29, 0.717) is 23.5 Å². The van der Waals surface area contributed by atoms with Crippen molar-refractivity contribution in [1.29, 1.82) is 0 Å². The van der Waals surface area contributed by atoms with E-state index in [0.717, 1.165) is 10.9 Å². The normalized spacial score (nSPS) is 10.7. The van der Waals surface area contributed by atoms with Gasteiger partial charge in [-0.2, -0.15) is 0 Å². The highest BCUT2D eigenvalue weighted by molar-refractivity contribution is 6.13. The molecule has 0 aliphatic carbocycles. The number of aromatic nitrogens is 1. The third-order valence-electron chi connectivity index (χ3n) is 4.69. The average molecular weight is 383 g/mol. The maximum Gasteiger partial charge on any atom is 0.257 e. The predicted octanol–water partition coefficient (Wildman–Crippen LogP) is 4.90. The number of para-hydroxylation sites is 1. The first-order chi connectivity index (χ1) is 14.1. The summed E-state index contributed by atoms with van der Waals surface area (Å²) in [6.07, 6.45) is 1.90. The summed E-state index contributed by atoms with van der Waals surface area (Å²) < 4.78 is 2.10. The van der Waals surface area contributed by atoms with E-state index in [2.05, 4.69) is 27.3 Å². The quantitative estimate of drug-likeness (QED) is 0.515. The zero-order valence-corrected chi connectivity index (χ0v) is 16.1. The Morgan fingerprint density at radius 1 is 0.793 bits per heavy atom. The van der Waals surface area contributed by atoms with Crippen LogP contribution in [0, 0.1) is 0 Å². The van der Waals surface area contributed by atoms with E-state index in [1.54, 1.807) is 24.3 Å². The summed E-state index contributed by atoms with van der Waals surface area (Å²) >= 11 is 0. The van der Waals surface area contributed by atoms with Crippen molar-refractivity contribution >= 4 is 34.1 Å². The summed E-state index contributed by atoms with van der Waals surface area (Å²) in [5.41, 5.74) is 4.18. The first-order valence-electron chi connectivity index (χ1n) is 9.41. The number of rotatable bonds is 5. The van der Waals surface area contributed by atoms with Gasteiger partial charge in [-0.1, -0.05) is 48.5 Å². The van der Waals surface area contributed by atoms with Crippen LogP contribution in [-0.4, -0.2) is 16.4 Å². The molecule has 0 atom stereocenters. The second-order valence-electron chi connectivity index (χ2n) is 6.89. The molecule has 3 aromatic carbocycles. The Morgan fingerprint density at radius 2 is 1.41 bits per heavy atom. The Morgan fingerprint density at radius 3 is 2.10 bits per heavy atom. The molecule has 0 aliphatic heterocycles. The van der Waals surface area contributed by atoms with Gasteiger partial charge >= 0.3 is 0 Å². The van der Waals surface area contributed by atoms with Gasteiger partial charge in [0.25, 0.3) is 5.91 Å². The fraction of sp³-hybridized carbons (Fsp3) is 0.0833. The molecule has 0 saturated heterocycles. The topological polar surface area (TPSA) is 63.1 Å². The molecule has 4 aromatic rings. The number of hydrogen-bond acceptors (Lipinski definition) is 2. The fourth-order valence-corrected chi connectivity index (χ4v) is 3.38. The Balaban J connectivity index is 1.60. The number of anilines is 2. The zero-order valence-electron chi connectivity index (χ0n) is 16.1. The molecule has 0 bridgehead atoms. The van der Waals surface area contributed by atoms with Gasteiger partial charge in [0, 0.05) is 41.9 Å². The van der Waals surface area contributed by atoms with E-state index < -0.39 is 0 Å².